The standard InChI is InChI=1S/C18H24N2O4/c21-18(17-13-22-9-10-24-17)20-6-4-19(5-7-20)12-14-1-2-16-15(11-14)3-8-23-16/h1-2,11,17H,3-10,12-13H2/t17-/m0/s1. The fourth-order valence-corrected chi connectivity index (χ4v) is 3.56. The first-order chi connectivity index (χ1) is 11.8. The summed E-state index contributed by atoms with van der Waals surface area (Å²) in [4.78, 5) is 16.7. The van der Waals surface area contributed by atoms with Crippen LogP contribution in [-0.2, 0) is 27.2 Å². The molecule has 24 heavy (non-hydrogen) atoms. The number of ether oxygens (including phenoxy) is 3. The van der Waals surface area contributed by atoms with E-state index in [4.69, 9.17) is 14.2 Å². The maximum Gasteiger partial charge on any atom is 0.254 e. The molecule has 3 aliphatic heterocycles. The SMILES string of the molecule is O=C([C@@H]1COCCO1)N1CCN(Cc2ccc3c(c2)CCO3)CC1. The van der Waals surface area contributed by atoms with Crippen molar-refractivity contribution in [3.05, 3.63) is 29.3 Å². The van der Waals surface area contributed by atoms with Crippen LogP contribution in [0.25, 0.3) is 0 Å². The van der Waals surface area contributed by atoms with Gasteiger partial charge >= 0.3 is 0 Å². The maximum atomic E-state index is 12.4. The molecular weight excluding hydrogens is 308 g/mol. The summed E-state index contributed by atoms with van der Waals surface area (Å²) < 4.78 is 16.4. The van der Waals surface area contributed by atoms with Crippen molar-refractivity contribution in [3.8, 4) is 5.75 Å². The van der Waals surface area contributed by atoms with Crippen LogP contribution in [0.2, 0.25) is 0 Å². The molecule has 1 atom stereocenters. The van der Waals surface area contributed by atoms with Crippen LogP contribution < -0.4 is 4.74 Å². The van der Waals surface area contributed by atoms with Crippen LogP contribution in [0, 0.1) is 0 Å². The lowest BCUT2D eigenvalue weighted by atomic mass is 10.1. The third kappa shape index (κ3) is 3.41. The Labute approximate surface area is 142 Å². The highest BCUT2D eigenvalue weighted by atomic mass is 16.6. The van der Waals surface area contributed by atoms with E-state index in [0.717, 1.165) is 51.5 Å². The van der Waals surface area contributed by atoms with Crippen molar-refractivity contribution in [1.82, 2.24) is 9.80 Å². The van der Waals surface area contributed by atoms with E-state index >= 15 is 0 Å². The number of carbonyl (C=O) groups is 1. The average molecular weight is 332 g/mol. The molecule has 0 unspecified atom stereocenters. The molecule has 6 nitrogen and oxygen atoms in total. The number of benzene rings is 1. The molecule has 0 bridgehead atoms. The summed E-state index contributed by atoms with van der Waals surface area (Å²) in [7, 11) is 0. The Hall–Kier alpha value is -1.63. The van der Waals surface area contributed by atoms with Crippen molar-refractivity contribution in [2.24, 2.45) is 0 Å². The van der Waals surface area contributed by atoms with Crippen LogP contribution in [0.15, 0.2) is 18.2 Å². The smallest absolute Gasteiger partial charge is 0.254 e. The van der Waals surface area contributed by atoms with Gasteiger partial charge in [0.05, 0.1) is 26.4 Å². The molecule has 0 radical (unpaired) electrons. The second kappa shape index (κ2) is 7.09. The summed E-state index contributed by atoms with van der Waals surface area (Å²) in [5.74, 6) is 1.10. The predicted molar refractivity (Wildman–Crippen MR) is 88.1 cm³/mol. The minimum absolute atomic E-state index is 0.0732. The molecule has 0 N–H and O–H groups in total. The van der Waals surface area contributed by atoms with Crippen LogP contribution in [0.1, 0.15) is 11.1 Å². The second-order valence-corrected chi connectivity index (χ2v) is 6.58. The molecule has 1 amide bonds. The number of fused-ring (bicyclic) bond motifs is 1. The molecule has 4 rings (SSSR count). The van der Waals surface area contributed by atoms with Crippen molar-refractivity contribution in [3.63, 3.8) is 0 Å². The largest absolute Gasteiger partial charge is 0.493 e. The van der Waals surface area contributed by atoms with Crippen LogP contribution in [0.5, 0.6) is 5.75 Å². The Morgan fingerprint density at radius 1 is 1.12 bits per heavy atom. The van der Waals surface area contributed by atoms with Crippen molar-refractivity contribution in [2.45, 2.75) is 19.1 Å². The van der Waals surface area contributed by atoms with Gasteiger partial charge in [0.25, 0.3) is 5.91 Å². The van der Waals surface area contributed by atoms with Crippen molar-refractivity contribution in [1.29, 1.82) is 0 Å². The van der Waals surface area contributed by atoms with Gasteiger partial charge in [0.1, 0.15) is 5.75 Å². The van der Waals surface area contributed by atoms with Crippen molar-refractivity contribution < 1.29 is 19.0 Å². The van der Waals surface area contributed by atoms with E-state index in [0.29, 0.717) is 19.8 Å². The number of hydrogen-bond donors (Lipinski definition) is 0. The van der Waals surface area contributed by atoms with Crippen molar-refractivity contribution >= 4 is 5.91 Å². The molecule has 3 aliphatic rings. The van der Waals surface area contributed by atoms with Crippen LogP contribution in [-0.4, -0.2) is 74.4 Å². The van der Waals surface area contributed by atoms with E-state index in [2.05, 4.69) is 23.1 Å². The minimum atomic E-state index is -0.415. The number of rotatable bonds is 3. The van der Waals surface area contributed by atoms with Crippen molar-refractivity contribution in [2.75, 3.05) is 52.6 Å². The minimum Gasteiger partial charge on any atom is -0.493 e. The molecule has 1 aromatic rings. The number of hydrogen-bond acceptors (Lipinski definition) is 5. The van der Waals surface area contributed by atoms with Gasteiger partial charge < -0.3 is 19.1 Å². The van der Waals surface area contributed by atoms with Gasteiger partial charge in [-0.2, -0.15) is 0 Å². The predicted octanol–water partition coefficient (Wildman–Crippen LogP) is 0.681. The molecule has 0 spiro atoms. The number of piperazine rings is 1. The van der Waals surface area contributed by atoms with Gasteiger partial charge in [-0.15, -0.1) is 0 Å². The monoisotopic (exact) mass is 332 g/mol. The summed E-state index contributed by atoms with van der Waals surface area (Å²) in [6.45, 7) is 6.52. The van der Waals surface area contributed by atoms with Gasteiger partial charge in [-0.1, -0.05) is 12.1 Å². The summed E-state index contributed by atoms with van der Waals surface area (Å²) in [5, 5.41) is 0. The molecule has 1 aromatic carbocycles. The zero-order chi connectivity index (χ0) is 16.4. The lowest BCUT2D eigenvalue weighted by molar-refractivity contribution is -0.159. The van der Waals surface area contributed by atoms with Gasteiger partial charge in [-0.25, -0.2) is 0 Å². The highest BCUT2D eigenvalue weighted by molar-refractivity contribution is 5.81. The molecule has 0 saturated carbocycles. The summed E-state index contributed by atoms with van der Waals surface area (Å²) in [6.07, 6.45) is 0.594. The Morgan fingerprint density at radius 2 is 2.00 bits per heavy atom. The Morgan fingerprint density at radius 3 is 2.79 bits per heavy atom. The van der Waals surface area contributed by atoms with Gasteiger partial charge in [0.2, 0.25) is 0 Å². The second-order valence-electron chi connectivity index (χ2n) is 6.58. The van der Waals surface area contributed by atoms with Crippen LogP contribution in [0.3, 0.4) is 0 Å². The summed E-state index contributed by atoms with van der Waals surface area (Å²) >= 11 is 0. The maximum absolute atomic E-state index is 12.4. The third-order valence-corrected chi connectivity index (χ3v) is 4.94. The van der Waals surface area contributed by atoms with E-state index in [1.54, 1.807) is 0 Å². The molecular formula is C18H24N2O4. The molecule has 3 heterocycles. The highest BCUT2D eigenvalue weighted by Gasteiger charge is 2.29. The number of nitrogens with zero attached hydrogens (tertiary/aromatic N) is 2. The van der Waals surface area contributed by atoms with Gasteiger partial charge in [0, 0.05) is 39.1 Å². The summed E-state index contributed by atoms with van der Waals surface area (Å²) in [5.41, 5.74) is 2.64. The third-order valence-electron chi connectivity index (χ3n) is 4.94. The van der Waals surface area contributed by atoms with E-state index in [9.17, 15) is 4.79 Å². The normalized spacial score (nSPS) is 24.5. The van der Waals surface area contributed by atoms with E-state index in [1.807, 2.05) is 4.90 Å². The fraction of sp³-hybridized carbons (Fsp3) is 0.611. The zero-order valence-electron chi connectivity index (χ0n) is 13.9. The molecule has 0 aromatic heterocycles. The first-order valence-electron chi connectivity index (χ1n) is 8.75. The Kier molecular flexibility index (Phi) is 4.69. The molecule has 2 saturated heterocycles. The lowest BCUT2D eigenvalue weighted by Crippen LogP contribution is -2.53. The number of carbonyl (C=O) groups excluding carboxylic acids is 1. The lowest BCUT2D eigenvalue weighted by Gasteiger charge is -2.37. The Bertz CT molecular complexity index is 593. The number of amides is 1. The Balaban J connectivity index is 1.29. The summed E-state index contributed by atoms with van der Waals surface area (Å²) in [6, 6.07) is 6.49. The quantitative estimate of drug-likeness (QED) is 0.815. The van der Waals surface area contributed by atoms with Crippen LogP contribution >= 0.6 is 0 Å². The highest BCUT2D eigenvalue weighted by Crippen LogP contribution is 2.26. The van der Waals surface area contributed by atoms with Gasteiger partial charge in [-0.3, -0.25) is 9.69 Å². The van der Waals surface area contributed by atoms with Crippen LogP contribution in [0.4, 0.5) is 0 Å². The van der Waals surface area contributed by atoms with E-state index in [-0.39, 0.29) is 5.91 Å². The van der Waals surface area contributed by atoms with Gasteiger partial charge in [-0.05, 0) is 17.2 Å². The van der Waals surface area contributed by atoms with Gasteiger partial charge in [0.15, 0.2) is 6.10 Å². The molecule has 130 valence electrons. The average Bonchev–Trinajstić information content (AvgIpc) is 3.10. The zero-order valence-corrected chi connectivity index (χ0v) is 13.9. The molecule has 0 aliphatic carbocycles. The molecule has 2 fully saturated rings. The van der Waals surface area contributed by atoms with E-state index in [1.165, 1.54) is 11.1 Å². The molecule has 6 heteroatoms. The van der Waals surface area contributed by atoms with E-state index < -0.39 is 6.10 Å². The first-order valence-corrected chi connectivity index (χ1v) is 8.75. The fourth-order valence-electron chi connectivity index (χ4n) is 3.56. The first kappa shape index (κ1) is 15.9. The topological polar surface area (TPSA) is 51.2 Å².